The van der Waals surface area contributed by atoms with Gasteiger partial charge in [0.05, 0.1) is 6.61 Å². The number of phosphoric acid groups is 1. The summed E-state index contributed by atoms with van der Waals surface area (Å²) in [6.07, 6.45) is -3.56. The maximum Gasteiger partial charge on any atom is 0.470 e. The van der Waals surface area contributed by atoms with Gasteiger partial charge in [0.2, 0.25) is 0 Å². The number of ether oxygens (including phenoxy) is 2. The average molecular weight is 338 g/mol. The number of nitrogens with zero attached hydrogens (tertiary/aromatic N) is 1. The highest BCUT2D eigenvalue weighted by atomic mass is 31.2. The summed E-state index contributed by atoms with van der Waals surface area (Å²) >= 11 is 0. The number of H-pyrrole nitrogens is 1. The minimum atomic E-state index is -4.91. The molecule has 4 atom stereocenters. The summed E-state index contributed by atoms with van der Waals surface area (Å²) in [6, 6.07) is 1.04. The van der Waals surface area contributed by atoms with Crippen molar-refractivity contribution in [2.75, 3.05) is 13.7 Å². The molecule has 1 aromatic rings. The summed E-state index contributed by atoms with van der Waals surface area (Å²) < 4.78 is 27.1. The highest BCUT2D eigenvalue weighted by Crippen LogP contribution is 2.44. The van der Waals surface area contributed by atoms with Crippen molar-refractivity contribution in [3.63, 3.8) is 0 Å². The highest BCUT2D eigenvalue weighted by molar-refractivity contribution is 7.46. The molecule has 1 aliphatic heterocycles. The van der Waals surface area contributed by atoms with E-state index < -0.39 is 50.2 Å². The summed E-state index contributed by atoms with van der Waals surface area (Å²) in [5, 5.41) is 9.26. The van der Waals surface area contributed by atoms with E-state index in [9.17, 15) is 19.3 Å². The van der Waals surface area contributed by atoms with Crippen molar-refractivity contribution >= 4 is 7.82 Å². The lowest BCUT2D eigenvalue weighted by Crippen LogP contribution is -2.39. The standard InChI is InChI=1S/C10H15N2O9P/c1-19-7-5(4-13)20-9(8(7)21-22(16,17)18)12-3-2-6(14)11-10(12)15/h2-3,5,7-9,13H,4H2,1H3,(H,11,14,15)(H2,16,17,18)/t5-,7-,8-,9-/m1/s1. The number of hydrogen-bond donors (Lipinski definition) is 4. The molecular weight excluding hydrogens is 323 g/mol. The SMILES string of the molecule is CO[C@H]1[C@@H](OP(=O)(O)O)[C@H](n2ccc(=O)[nH]c2=O)O[C@@H]1CO. The van der Waals surface area contributed by atoms with E-state index in [1.807, 2.05) is 4.98 Å². The van der Waals surface area contributed by atoms with Crippen LogP contribution in [0, 0.1) is 0 Å². The fraction of sp³-hybridized carbons (Fsp3) is 0.600. The minimum Gasteiger partial charge on any atom is -0.394 e. The molecule has 124 valence electrons. The molecule has 0 bridgehead atoms. The first-order chi connectivity index (χ1) is 10.3. The Morgan fingerprint density at radius 3 is 2.59 bits per heavy atom. The fourth-order valence-electron chi connectivity index (χ4n) is 2.26. The van der Waals surface area contributed by atoms with Crippen LogP contribution in [0.2, 0.25) is 0 Å². The summed E-state index contributed by atoms with van der Waals surface area (Å²) in [7, 11) is -3.67. The van der Waals surface area contributed by atoms with Gasteiger partial charge >= 0.3 is 13.5 Å². The third-order valence-corrected chi connectivity index (χ3v) is 3.64. The number of methoxy groups -OCH3 is 1. The molecule has 2 heterocycles. The summed E-state index contributed by atoms with van der Waals surface area (Å²) in [6.45, 7) is -0.520. The van der Waals surface area contributed by atoms with Crippen molar-refractivity contribution in [3.8, 4) is 0 Å². The number of hydrogen-bond acceptors (Lipinski definition) is 7. The molecule has 1 saturated heterocycles. The number of phosphoric ester groups is 1. The number of rotatable bonds is 5. The largest absolute Gasteiger partial charge is 0.470 e. The lowest BCUT2D eigenvalue weighted by Gasteiger charge is -2.23. The molecule has 0 amide bonds. The second-order valence-electron chi connectivity index (χ2n) is 4.53. The molecule has 0 aliphatic carbocycles. The van der Waals surface area contributed by atoms with E-state index in [4.69, 9.17) is 19.3 Å². The van der Waals surface area contributed by atoms with Crippen LogP contribution in [0.15, 0.2) is 21.9 Å². The van der Waals surface area contributed by atoms with E-state index in [-0.39, 0.29) is 0 Å². The van der Waals surface area contributed by atoms with Crippen LogP contribution in [0.5, 0.6) is 0 Å². The van der Waals surface area contributed by atoms with Crippen LogP contribution >= 0.6 is 7.82 Å². The van der Waals surface area contributed by atoms with Crippen LogP contribution in [0.25, 0.3) is 0 Å². The van der Waals surface area contributed by atoms with E-state index in [1.165, 1.54) is 7.11 Å². The van der Waals surface area contributed by atoms with E-state index in [2.05, 4.69) is 4.52 Å². The van der Waals surface area contributed by atoms with E-state index in [0.29, 0.717) is 0 Å². The monoisotopic (exact) mass is 338 g/mol. The second kappa shape index (κ2) is 6.42. The molecule has 0 saturated carbocycles. The van der Waals surface area contributed by atoms with Crippen molar-refractivity contribution in [2.45, 2.75) is 24.5 Å². The predicted octanol–water partition coefficient (Wildman–Crippen LogP) is -2.08. The predicted molar refractivity (Wildman–Crippen MR) is 70.0 cm³/mol. The molecule has 4 N–H and O–H groups in total. The van der Waals surface area contributed by atoms with Crippen molar-refractivity contribution < 1.29 is 33.5 Å². The van der Waals surface area contributed by atoms with E-state index in [1.54, 1.807) is 0 Å². The van der Waals surface area contributed by atoms with Crippen LogP contribution in [0.1, 0.15) is 6.23 Å². The lowest BCUT2D eigenvalue weighted by atomic mass is 10.1. The van der Waals surface area contributed by atoms with Crippen LogP contribution in [-0.2, 0) is 18.6 Å². The van der Waals surface area contributed by atoms with Crippen molar-refractivity contribution in [3.05, 3.63) is 33.1 Å². The average Bonchev–Trinajstić information content (AvgIpc) is 2.74. The van der Waals surface area contributed by atoms with Crippen molar-refractivity contribution in [2.24, 2.45) is 0 Å². The Balaban J connectivity index is 2.44. The maximum atomic E-state index is 11.8. The van der Waals surface area contributed by atoms with Gasteiger partial charge in [-0.25, -0.2) is 9.36 Å². The van der Waals surface area contributed by atoms with Gasteiger partial charge in [-0.2, -0.15) is 0 Å². The molecule has 1 aromatic heterocycles. The third kappa shape index (κ3) is 3.52. The van der Waals surface area contributed by atoms with Gasteiger partial charge in [0.15, 0.2) is 6.23 Å². The molecule has 0 spiro atoms. The third-order valence-electron chi connectivity index (χ3n) is 3.12. The first-order valence-corrected chi connectivity index (χ1v) is 7.64. The van der Waals surface area contributed by atoms with Gasteiger partial charge < -0.3 is 24.4 Å². The zero-order chi connectivity index (χ0) is 16.5. The molecular formula is C10H15N2O9P. The van der Waals surface area contributed by atoms with Gasteiger partial charge in [-0.1, -0.05) is 0 Å². The van der Waals surface area contributed by atoms with Crippen LogP contribution in [0.3, 0.4) is 0 Å². The maximum absolute atomic E-state index is 11.8. The van der Waals surface area contributed by atoms with Gasteiger partial charge in [-0.05, 0) is 0 Å². The van der Waals surface area contributed by atoms with Crippen LogP contribution in [0.4, 0.5) is 0 Å². The van der Waals surface area contributed by atoms with Gasteiger partial charge in [-0.15, -0.1) is 0 Å². The van der Waals surface area contributed by atoms with Gasteiger partial charge in [0, 0.05) is 19.4 Å². The highest BCUT2D eigenvalue weighted by Gasteiger charge is 2.49. The molecule has 1 fully saturated rings. The van der Waals surface area contributed by atoms with Crippen molar-refractivity contribution in [1.29, 1.82) is 0 Å². The Morgan fingerprint density at radius 2 is 2.09 bits per heavy atom. The quantitative estimate of drug-likeness (QED) is 0.442. The topological polar surface area (TPSA) is 160 Å². The number of aromatic amines is 1. The minimum absolute atomic E-state index is 0.520. The Labute approximate surface area is 123 Å². The molecule has 1 aliphatic rings. The summed E-state index contributed by atoms with van der Waals surface area (Å²) in [5.74, 6) is 0. The smallest absolute Gasteiger partial charge is 0.394 e. The molecule has 22 heavy (non-hydrogen) atoms. The fourth-order valence-corrected chi connectivity index (χ4v) is 2.80. The second-order valence-corrected chi connectivity index (χ2v) is 5.72. The van der Waals surface area contributed by atoms with Gasteiger partial charge in [-0.3, -0.25) is 18.9 Å². The molecule has 0 radical (unpaired) electrons. The molecule has 12 heteroatoms. The zero-order valence-electron chi connectivity index (χ0n) is 11.4. The van der Waals surface area contributed by atoms with Gasteiger partial charge in [0.25, 0.3) is 5.56 Å². The van der Waals surface area contributed by atoms with Gasteiger partial charge in [0.1, 0.15) is 18.3 Å². The Kier molecular flexibility index (Phi) is 4.97. The van der Waals surface area contributed by atoms with Crippen molar-refractivity contribution in [1.82, 2.24) is 9.55 Å². The first kappa shape index (κ1) is 17.0. The molecule has 0 aromatic carbocycles. The summed E-state index contributed by atoms with van der Waals surface area (Å²) in [4.78, 5) is 42.9. The van der Waals surface area contributed by atoms with E-state index >= 15 is 0 Å². The number of nitrogens with one attached hydrogen (secondary N) is 1. The Bertz CT molecular complexity index is 679. The number of aliphatic hydroxyl groups is 1. The number of aromatic nitrogens is 2. The molecule has 11 nitrogen and oxygen atoms in total. The molecule has 0 unspecified atom stereocenters. The van der Waals surface area contributed by atoms with Crippen LogP contribution in [-0.4, -0.2) is 56.5 Å². The Morgan fingerprint density at radius 1 is 1.41 bits per heavy atom. The zero-order valence-corrected chi connectivity index (χ0v) is 12.3. The number of aliphatic hydroxyl groups excluding tert-OH is 1. The Hall–Kier alpha value is -1.33. The summed E-state index contributed by atoms with van der Waals surface area (Å²) in [5.41, 5.74) is -1.50. The first-order valence-electron chi connectivity index (χ1n) is 6.11. The molecule has 2 rings (SSSR count). The lowest BCUT2D eigenvalue weighted by molar-refractivity contribution is -0.0565. The van der Waals surface area contributed by atoms with Crippen LogP contribution < -0.4 is 11.2 Å². The normalized spacial score (nSPS) is 28.9. The van der Waals surface area contributed by atoms with E-state index in [0.717, 1.165) is 16.8 Å².